The molecule has 0 saturated carbocycles. The largest absolute Gasteiger partial charge is 0.493 e. The van der Waals surface area contributed by atoms with Crippen LogP contribution in [0.5, 0.6) is 11.5 Å². The molecular weight excluding hydrogens is 428 g/mol. The van der Waals surface area contributed by atoms with Crippen LogP contribution >= 0.6 is 0 Å². The quantitative estimate of drug-likeness (QED) is 0.369. The number of rotatable bonds is 15. The Balaban J connectivity index is 1.95. The number of carbonyl (C=O) groups excluding carboxylic acids is 1. The Bertz CT molecular complexity index is 857. The number of benzene rings is 2. The Kier molecular flexibility index (Phi) is 11.9. The van der Waals surface area contributed by atoms with Gasteiger partial charge in [0.2, 0.25) is 0 Å². The molecule has 6 heteroatoms. The first-order chi connectivity index (χ1) is 16.3. The Hall–Kier alpha value is -2.57. The lowest BCUT2D eigenvalue weighted by Gasteiger charge is -2.28. The van der Waals surface area contributed by atoms with Crippen molar-refractivity contribution in [2.45, 2.75) is 46.1 Å². The molecule has 2 aromatic carbocycles. The molecule has 0 unspecified atom stereocenters. The number of ether oxygens (including phenoxy) is 3. The molecule has 0 aromatic heterocycles. The smallest absolute Gasteiger partial charge is 0.251 e. The molecule has 0 fully saturated rings. The van der Waals surface area contributed by atoms with Crippen molar-refractivity contribution in [3.05, 3.63) is 59.7 Å². The summed E-state index contributed by atoms with van der Waals surface area (Å²) in [4.78, 5) is 12.4. The summed E-state index contributed by atoms with van der Waals surface area (Å²) in [7, 11) is 3.35. The zero-order valence-electron chi connectivity index (χ0n) is 21.4. The minimum Gasteiger partial charge on any atom is -0.493 e. The fourth-order valence-electron chi connectivity index (χ4n) is 3.92. The molecule has 0 bridgehead atoms. The molecule has 0 radical (unpaired) electrons. The van der Waals surface area contributed by atoms with Crippen LogP contribution in [0.3, 0.4) is 0 Å². The van der Waals surface area contributed by atoms with Crippen molar-refractivity contribution >= 4 is 5.91 Å². The van der Waals surface area contributed by atoms with Gasteiger partial charge in [0.05, 0.1) is 13.7 Å². The first kappa shape index (κ1) is 27.7. The number of carbonyl (C=O) groups is 1. The Labute approximate surface area is 205 Å². The number of nitrogens with two attached hydrogens (primary N) is 1. The van der Waals surface area contributed by atoms with E-state index in [2.05, 4.69) is 38.2 Å². The van der Waals surface area contributed by atoms with E-state index < -0.39 is 0 Å². The van der Waals surface area contributed by atoms with Crippen molar-refractivity contribution in [1.82, 2.24) is 5.32 Å². The van der Waals surface area contributed by atoms with Crippen LogP contribution in [0.25, 0.3) is 0 Å². The predicted molar refractivity (Wildman–Crippen MR) is 138 cm³/mol. The van der Waals surface area contributed by atoms with E-state index in [1.165, 1.54) is 5.56 Å². The number of hydrogen-bond acceptors (Lipinski definition) is 5. The first-order valence-corrected chi connectivity index (χ1v) is 12.2. The van der Waals surface area contributed by atoms with E-state index >= 15 is 0 Å². The van der Waals surface area contributed by atoms with Gasteiger partial charge < -0.3 is 25.3 Å². The second kappa shape index (κ2) is 14.6. The van der Waals surface area contributed by atoms with E-state index in [0.717, 1.165) is 30.8 Å². The molecule has 188 valence electrons. The molecule has 0 heterocycles. The maximum absolute atomic E-state index is 12.4. The summed E-state index contributed by atoms with van der Waals surface area (Å²) in [6.07, 6.45) is 2.62. The second-order valence-corrected chi connectivity index (χ2v) is 9.34. The van der Waals surface area contributed by atoms with E-state index in [0.29, 0.717) is 37.2 Å². The topological polar surface area (TPSA) is 82.8 Å². The fourth-order valence-corrected chi connectivity index (χ4v) is 3.92. The van der Waals surface area contributed by atoms with Crippen LogP contribution < -0.4 is 20.5 Å². The monoisotopic (exact) mass is 470 g/mol. The third-order valence-electron chi connectivity index (χ3n) is 6.35. The third kappa shape index (κ3) is 8.99. The van der Waals surface area contributed by atoms with Gasteiger partial charge in [-0.2, -0.15) is 0 Å². The average Bonchev–Trinajstić information content (AvgIpc) is 2.85. The maximum atomic E-state index is 12.4. The van der Waals surface area contributed by atoms with Crippen molar-refractivity contribution in [3.63, 3.8) is 0 Å². The maximum Gasteiger partial charge on any atom is 0.251 e. The van der Waals surface area contributed by atoms with Gasteiger partial charge in [-0.05, 0) is 60.4 Å². The standard InChI is InChI=1S/C28H42N2O4/c1-20(2)24(16-22-12-13-26(33-5)27(17-22)34-15-9-14-32-4)18-25(29)21(3)19-30-28(31)23-10-7-6-8-11-23/h6-8,10-13,17,20-21,24-25H,9,14-16,18-19,29H2,1-5H3,(H,30,31)/t21-,24-,25-/m0/s1. The summed E-state index contributed by atoms with van der Waals surface area (Å²) < 4.78 is 16.5. The normalized spacial score (nSPS) is 13.9. The van der Waals surface area contributed by atoms with Crippen molar-refractivity contribution in [3.8, 4) is 11.5 Å². The Morgan fingerprint density at radius 3 is 2.38 bits per heavy atom. The van der Waals surface area contributed by atoms with Gasteiger partial charge in [-0.15, -0.1) is 0 Å². The van der Waals surface area contributed by atoms with Gasteiger partial charge in [-0.1, -0.05) is 45.0 Å². The van der Waals surface area contributed by atoms with Crippen molar-refractivity contribution in [2.75, 3.05) is 34.0 Å². The minimum atomic E-state index is -0.0590. The van der Waals surface area contributed by atoms with Crippen molar-refractivity contribution in [1.29, 1.82) is 0 Å². The number of methoxy groups -OCH3 is 2. The number of nitrogens with one attached hydrogen (secondary N) is 1. The molecule has 0 spiro atoms. The lowest BCUT2D eigenvalue weighted by Crippen LogP contribution is -2.39. The van der Waals surface area contributed by atoms with Gasteiger partial charge in [-0.25, -0.2) is 0 Å². The average molecular weight is 471 g/mol. The zero-order chi connectivity index (χ0) is 24.9. The highest BCUT2D eigenvalue weighted by Gasteiger charge is 2.22. The minimum absolute atomic E-state index is 0.00788. The Morgan fingerprint density at radius 2 is 1.74 bits per heavy atom. The van der Waals surface area contributed by atoms with Crippen molar-refractivity contribution in [2.24, 2.45) is 23.5 Å². The fraction of sp³-hybridized carbons (Fsp3) is 0.536. The Morgan fingerprint density at radius 1 is 1.00 bits per heavy atom. The van der Waals surface area contributed by atoms with Crippen LogP contribution in [-0.2, 0) is 11.2 Å². The van der Waals surface area contributed by atoms with Crippen LogP contribution in [0.1, 0.15) is 49.5 Å². The molecule has 34 heavy (non-hydrogen) atoms. The highest BCUT2D eigenvalue weighted by Crippen LogP contribution is 2.31. The molecular formula is C28H42N2O4. The van der Waals surface area contributed by atoms with Gasteiger partial charge in [0, 0.05) is 38.3 Å². The molecule has 1 amide bonds. The van der Waals surface area contributed by atoms with E-state index in [4.69, 9.17) is 19.9 Å². The summed E-state index contributed by atoms with van der Waals surface area (Å²) in [5, 5.41) is 3.02. The van der Waals surface area contributed by atoms with Gasteiger partial charge in [0.1, 0.15) is 0 Å². The van der Waals surface area contributed by atoms with E-state index in [1.54, 1.807) is 14.2 Å². The zero-order valence-corrected chi connectivity index (χ0v) is 21.4. The molecule has 0 aliphatic heterocycles. The molecule has 3 atom stereocenters. The van der Waals surface area contributed by atoms with Gasteiger partial charge in [-0.3, -0.25) is 4.79 Å². The van der Waals surface area contributed by atoms with Crippen LogP contribution in [0.4, 0.5) is 0 Å². The SMILES string of the molecule is COCCCOc1cc(C[C@@H](C[C@H](N)[C@@H](C)CNC(=O)c2ccccc2)C(C)C)ccc1OC. The summed E-state index contributed by atoms with van der Waals surface area (Å²) >= 11 is 0. The van der Waals surface area contributed by atoms with E-state index in [-0.39, 0.29) is 17.9 Å². The summed E-state index contributed by atoms with van der Waals surface area (Å²) in [5.74, 6) is 2.50. The molecule has 2 rings (SSSR count). The van der Waals surface area contributed by atoms with Crippen LogP contribution in [-0.4, -0.2) is 45.9 Å². The molecule has 2 aromatic rings. The second-order valence-electron chi connectivity index (χ2n) is 9.34. The van der Waals surface area contributed by atoms with Crippen LogP contribution in [0.2, 0.25) is 0 Å². The van der Waals surface area contributed by atoms with Crippen molar-refractivity contribution < 1.29 is 19.0 Å². The predicted octanol–water partition coefficient (Wildman–Crippen LogP) is 4.71. The number of hydrogen-bond donors (Lipinski definition) is 2. The molecule has 0 aliphatic rings. The third-order valence-corrected chi connectivity index (χ3v) is 6.35. The molecule has 6 nitrogen and oxygen atoms in total. The lowest BCUT2D eigenvalue weighted by molar-refractivity contribution is 0.0945. The molecule has 3 N–H and O–H groups in total. The van der Waals surface area contributed by atoms with Crippen LogP contribution in [0.15, 0.2) is 48.5 Å². The number of amides is 1. The molecule has 0 aliphatic carbocycles. The first-order valence-electron chi connectivity index (χ1n) is 12.2. The van der Waals surface area contributed by atoms with E-state index in [9.17, 15) is 4.79 Å². The van der Waals surface area contributed by atoms with Gasteiger partial charge in [0.15, 0.2) is 11.5 Å². The van der Waals surface area contributed by atoms with Gasteiger partial charge >= 0.3 is 0 Å². The summed E-state index contributed by atoms with van der Waals surface area (Å²) in [6.45, 7) is 8.39. The molecule has 0 saturated heterocycles. The van der Waals surface area contributed by atoms with E-state index in [1.807, 2.05) is 36.4 Å². The highest BCUT2D eigenvalue weighted by atomic mass is 16.5. The van der Waals surface area contributed by atoms with Crippen LogP contribution in [0, 0.1) is 17.8 Å². The van der Waals surface area contributed by atoms with Gasteiger partial charge in [0.25, 0.3) is 5.91 Å². The lowest BCUT2D eigenvalue weighted by atomic mass is 9.81. The highest BCUT2D eigenvalue weighted by molar-refractivity contribution is 5.94. The summed E-state index contributed by atoms with van der Waals surface area (Å²) in [5.41, 5.74) is 8.47. The summed E-state index contributed by atoms with van der Waals surface area (Å²) in [6, 6.07) is 15.4.